The van der Waals surface area contributed by atoms with Crippen LogP contribution in [-0.4, -0.2) is 59.4 Å². The fourth-order valence-electron chi connectivity index (χ4n) is 4.76. The highest BCUT2D eigenvalue weighted by atomic mass is 16.2. The van der Waals surface area contributed by atoms with Gasteiger partial charge in [0.15, 0.2) is 0 Å². The minimum atomic E-state index is -0.379. The number of carbonyl (C=O) groups excluding carboxylic acids is 2. The highest BCUT2D eigenvalue weighted by Crippen LogP contribution is 2.37. The molecule has 1 aromatic rings. The van der Waals surface area contributed by atoms with Gasteiger partial charge in [0.25, 0.3) is 0 Å². The van der Waals surface area contributed by atoms with Crippen LogP contribution in [0.4, 0.5) is 0 Å². The Balaban J connectivity index is 1.27. The molecule has 2 fully saturated rings. The molecular weight excluding hydrogens is 326 g/mol. The van der Waals surface area contributed by atoms with E-state index in [1.807, 2.05) is 4.90 Å². The van der Waals surface area contributed by atoms with Crippen molar-refractivity contribution in [3.63, 3.8) is 0 Å². The number of benzene rings is 1. The third-order valence-corrected chi connectivity index (χ3v) is 6.49. The summed E-state index contributed by atoms with van der Waals surface area (Å²) in [5, 5.41) is 3.12. The van der Waals surface area contributed by atoms with Gasteiger partial charge in [0.05, 0.1) is 5.54 Å². The molecule has 2 saturated heterocycles. The SMILES string of the molecule is CC1(C(=O)NCCCN2CCCC2=O)CCN1C1Cc2ccccc2C1. The molecule has 2 amide bonds. The van der Waals surface area contributed by atoms with Crippen LogP contribution in [0.2, 0.25) is 0 Å². The van der Waals surface area contributed by atoms with Gasteiger partial charge in [0.2, 0.25) is 11.8 Å². The normalized spacial score (nSPS) is 26.0. The lowest BCUT2D eigenvalue weighted by molar-refractivity contribution is -0.144. The number of amides is 2. The lowest BCUT2D eigenvalue weighted by Crippen LogP contribution is -2.68. The van der Waals surface area contributed by atoms with Gasteiger partial charge in [-0.15, -0.1) is 0 Å². The highest BCUT2D eigenvalue weighted by Gasteiger charge is 2.50. The van der Waals surface area contributed by atoms with Gasteiger partial charge in [-0.1, -0.05) is 24.3 Å². The molecule has 1 atom stereocenters. The summed E-state index contributed by atoms with van der Waals surface area (Å²) in [5.74, 6) is 0.404. The summed E-state index contributed by atoms with van der Waals surface area (Å²) in [7, 11) is 0. The van der Waals surface area contributed by atoms with E-state index >= 15 is 0 Å². The molecular formula is C21H29N3O2. The molecule has 0 radical (unpaired) electrons. The van der Waals surface area contributed by atoms with Crippen molar-refractivity contribution in [1.82, 2.24) is 15.1 Å². The van der Waals surface area contributed by atoms with Crippen molar-refractivity contribution in [2.45, 2.75) is 57.0 Å². The van der Waals surface area contributed by atoms with E-state index in [1.54, 1.807) is 0 Å². The van der Waals surface area contributed by atoms with Crippen molar-refractivity contribution in [3.8, 4) is 0 Å². The zero-order valence-corrected chi connectivity index (χ0v) is 15.7. The Bertz CT molecular complexity index is 679. The Kier molecular flexibility index (Phi) is 4.74. The molecule has 1 unspecified atom stereocenters. The van der Waals surface area contributed by atoms with E-state index in [4.69, 9.17) is 0 Å². The summed E-state index contributed by atoms with van der Waals surface area (Å²) in [6.07, 6.45) is 5.52. The molecule has 0 spiro atoms. The summed E-state index contributed by atoms with van der Waals surface area (Å²) in [4.78, 5) is 28.8. The van der Waals surface area contributed by atoms with Crippen LogP contribution in [-0.2, 0) is 22.4 Å². The van der Waals surface area contributed by atoms with Gasteiger partial charge in [-0.3, -0.25) is 14.5 Å². The van der Waals surface area contributed by atoms with E-state index in [-0.39, 0.29) is 17.4 Å². The summed E-state index contributed by atoms with van der Waals surface area (Å²) in [6, 6.07) is 9.08. The smallest absolute Gasteiger partial charge is 0.240 e. The lowest BCUT2D eigenvalue weighted by atomic mass is 9.83. The maximum Gasteiger partial charge on any atom is 0.240 e. The number of hydrogen-bond acceptors (Lipinski definition) is 3. The first-order valence-corrected chi connectivity index (χ1v) is 9.97. The van der Waals surface area contributed by atoms with Crippen LogP contribution in [0.15, 0.2) is 24.3 Å². The Hall–Kier alpha value is -1.88. The van der Waals surface area contributed by atoms with Crippen LogP contribution in [0.25, 0.3) is 0 Å². The van der Waals surface area contributed by atoms with E-state index < -0.39 is 0 Å². The van der Waals surface area contributed by atoms with Gasteiger partial charge in [-0.05, 0) is 50.2 Å². The fraction of sp³-hybridized carbons (Fsp3) is 0.619. The molecule has 5 nitrogen and oxygen atoms in total. The van der Waals surface area contributed by atoms with Crippen molar-refractivity contribution >= 4 is 11.8 Å². The van der Waals surface area contributed by atoms with Crippen LogP contribution >= 0.6 is 0 Å². The molecule has 140 valence electrons. The molecule has 0 aromatic heterocycles. The maximum absolute atomic E-state index is 12.8. The number of carbonyl (C=O) groups is 2. The number of fused-ring (bicyclic) bond motifs is 1. The molecule has 5 heteroatoms. The van der Waals surface area contributed by atoms with E-state index in [0.717, 1.165) is 51.7 Å². The third-order valence-electron chi connectivity index (χ3n) is 6.49. The van der Waals surface area contributed by atoms with Crippen molar-refractivity contribution in [2.75, 3.05) is 26.2 Å². The van der Waals surface area contributed by atoms with Crippen molar-refractivity contribution < 1.29 is 9.59 Å². The molecule has 0 bridgehead atoms. The second kappa shape index (κ2) is 7.03. The molecule has 0 saturated carbocycles. The average Bonchev–Trinajstić information content (AvgIpc) is 3.22. The number of rotatable bonds is 6. The maximum atomic E-state index is 12.8. The summed E-state index contributed by atoms with van der Waals surface area (Å²) in [6.45, 7) is 5.37. The first kappa shape index (κ1) is 17.5. The highest BCUT2D eigenvalue weighted by molar-refractivity contribution is 5.87. The van der Waals surface area contributed by atoms with E-state index in [0.29, 0.717) is 19.0 Å². The van der Waals surface area contributed by atoms with Crippen LogP contribution in [0.5, 0.6) is 0 Å². The molecule has 2 aliphatic heterocycles. The van der Waals surface area contributed by atoms with Crippen LogP contribution in [0.1, 0.15) is 43.7 Å². The van der Waals surface area contributed by atoms with Gasteiger partial charge in [-0.2, -0.15) is 0 Å². The third kappa shape index (κ3) is 3.13. The Morgan fingerprint density at radius 1 is 1.23 bits per heavy atom. The van der Waals surface area contributed by atoms with E-state index in [1.165, 1.54) is 11.1 Å². The second-order valence-corrected chi connectivity index (χ2v) is 8.14. The second-order valence-electron chi connectivity index (χ2n) is 8.14. The van der Waals surface area contributed by atoms with Crippen molar-refractivity contribution in [3.05, 3.63) is 35.4 Å². The number of hydrogen-bond donors (Lipinski definition) is 1. The first-order valence-electron chi connectivity index (χ1n) is 9.97. The Labute approximate surface area is 155 Å². The predicted octanol–water partition coefficient (Wildman–Crippen LogP) is 1.75. The summed E-state index contributed by atoms with van der Waals surface area (Å²) >= 11 is 0. The summed E-state index contributed by atoms with van der Waals surface area (Å²) in [5.41, 5.74) is 2.49. The molecule has 1 aliphatic carbocycles. The van der Waals surface area contributed by atoms with Gasteiger partial charge < -0.3 is 10.2 Å². The van der Waals surface area contributed by atoms with Gasteiger partial charge in [0.1, 0.15) is 0 Å². The first-order chi connectivity index (χ1) is 12.6. The zero-order chi connectivity index (χ0) is 18.1. The lowest BCUT2D eigenvalue weighted by Gasteiger charge is -2.52. The molecule has 3 aliphatic rings. The van der Waals surface area contributed by atoms with Crippen LogP contribution in [0, 0.1) is 0 Å². The largest absolute Gasteiger partial charge is 0.354 e. The van der Waals surface area contributed by atoms with Crippen LogP contribution in [0.3, 0.4) is 0 Å². The molecule has 1 aromatic carbocycles. The Morgan fingerprint density at radius 2 is 1.96 bits per heavy atom. The van der Waals surface area contributed by atoms with E-state index in [2.05, 4.69) is 41.4 Å². The molecule has 1 N–H and O–H groups in total. The van der Waals surface area contributed by atoms with Gasteiger partial charge in [-0.25, -0.2) is 0 Å². The minimum Gasteiger partial charge on any atom is -0.354 e. The van der Waals surface area contributed by atoms with Gasteiger partial charge in [0, 0.05) is 38.6 Å². The van der Waals surface area contributed by atoms with Crippen LogP contribution < -0.4 is 5.32 Å². The van der Waals surface area contributed by atoms with Gasteiger partial charge >= 0.3 is 0 Å². The topological polar surface area (TPSA) is 52.7 Å². The number of nitrogens with one attached hydrogen (secondary N) is 1. The number of nitrogens with zero attached hydrogens (tertiary/aromatic N) is 2. The number of likely N-dealkylation sites (tertiary alicyclic amines) is 2. The Morgan fingerprint density at radius 3 is 2.54 bits per heavy atom. The zero-order valence-electron chi connectivity index (χ0n) is 15.7. The van der Waals surface area contributed by atoms with Crippen molar-refractivity contribution in [1.29, 1.82) is 0 Å². The molecule has 26 heavy (non-hydrogen) atoms. The minimum absolute atomic E-state index is 0.146. The average molecular weight is 355 g/mol. The standard InChI is InChI=1S/C21H29N3O2/c1-21(20(26)22-10-5-12-23-11-4-8-19(23)25)9-13-24(21)18-14-16-6-2-3-7-17(16)15-18/h2-3,6-7,18H,4-5,8-15H2,1H3,(H,22,26). The van der Waals surface area contributed by atoms with Crippen molar-refractivity contribution in [2.24, 2.45) is 0 Å². The fourth-order valence-corrected chi connectivity index (χ4v) is 4.76. The predicted molar refractivity (Wildman–Crippen MR) is 101 cm³/mol. The molecule has 4 rings (SSSR count). The summed E-state index contributed by atoms with van der Waals surface area (Å²) < 4.78 is 0. The quantitative estimate of drug-likeness (QED) is 0.791. The van der Waals surface area contributed by atoms with E-state index in [9.17, 15) is 9.59 Å². The monoisotopic (exact) mass is 355 g/mol. The molecule has 2 heterocycles.